The summed E-state index contributed by atoms with van der Waals surface area (Å²) < 4.78 is 29.9. The molecule has 0 aliphatic heterocycles. The Morgan fingerprint density at radius 1 is 1.41 bits per heavy atom. The Labute approximate surface area is 129 Å². The van der Waals surface area contributed by atoms with Crippen LogP contribution in [0, 0.1) is 0 Å². The largest absolute Gasteiger partial charge is 0.336 e. The highest BCUT2D eigenvalue weighted by molar-refractivity contribution is 7.89. The smallest absolute Gasteiger partial charge is 0.260 e. The van der Waals surface area contributed by atoms with E-state index in [4.69, 9.17) is 0 Å². The van der Waals surface area contributed by atoms with Crippen LogP contribution >= 0.6 is 0 Å². The second-order valence-electron chi connectivity index (χ2n) is 6.08. The fraction of sp³-hybridized carbons (Fsp3) is 0.615. The first-order valence-electron chi connectivity index (χ1n) is 7.27. The number of imidazole rings is 1. The average molecular weight is 324 g/mol. The zero-order chi connectivity index (χ0) is 16.0. The highest BCUT2D eigenvalue weighted by Crippen LogP contribution is 2.40. The van der Waals surface area contributed by atoms with Crippen molar-refractivity contribution in [2.45, 2.75) is 49.6 Å². The van der Waals surface area contributed by atoms with Crippen LogP contribution in [0.2, 0.25) is 0 Å². The molecule has 1 aliphatic rings. The molecule has 22 heavy (non-hydrogen) atoms. The first-order valence-corrected chi connectivity index (χ1v) is 8.75. The van der Waals surface area contributed by atoms with Crippen LogP contribution in [-0.2, 0) is 22.6 Å². The van der Waals surface area contributed by atoms with Gasteiger partial charge in [-0.2, -0.15) is 9.82 Å². The molecule has 8 nitrogen and oxygen atoms in total. The minimum Gasteiger partial charge on any atom is -0.336 e. The number of aryl methyl sites for hydroxylation is 1. The number of H-pyrrole nitrogens is 1. The molecular formula is C13H20N6O2S. The first kappa shape index (κ1) is 15.2. The van der Waals surface area contributed by atoms with Gasteiger partial charge < -0.3 is 4.57 Å². The number of rotatable bonds is 5. The lowest BCUT2D eigenvalue weighted by Crippen LogP contribution is -2.51. The number of nitrogens with one attached hydrogen (secondary N) is 2. The van der Waals surface area contributed by atoms with Gasteiger partial charge in [0.05, 0.1) is 5.54 Å². The SMILES string of the molecule is CC(C)c1nc(S(=O)(=O)NC2(c3ncn[nH]3)CCC2)cn1C. The first-order chi connectivity index (χ1) is 10.3. The summed E-state index contributed by atoms with van der Waals surface area (Å²) in [7, 11) is -1.91. The molecule has 0 amide bonds. The maximum Gasteiger partial charge on any atom is 0.260 e. The van der Waals surface area contributed by atoms with E-state index < -0.39 is 15.6 Å². The number of aromatic amines is 1. The number of hydrogen-bond acceptors (Lipinski definition) is 5. The van der Waals surface area contributed by atoms with Gasteiger partial charge in [0.2, 0.25) is 0 Å². The predicted octanol–water partition coefficient (Wildman–Crippen LogP) is 1.02. The van der Waals surface area contributed by atoms with Gasteiger partial charge in [0.15, 0.2) is 5.03 Å². The molecule has 120 valence electrons. The van der Waals surface area contributed by atoms with Gasteiger partial charge in [-0.25, -0.2) is 18.4 Å². The van der Waals surface area contributed by atoms with Gasteiger partial charge in [0.1, 0.15) is 18.0 Å². The molecule has 2 aromatic heterocycles. The summed E-state index contributed by atoms with van der Waals surface area (Å²) in [5.41, 5.74) is -0.690. The van der Waals surface area contributed by atoms with Crippen LogP contribution < -0.4 is 4.72 Å². The van der Waals surface area contributed by atoms with E-state index >= 15 is 0 Å². The van der Waals surface area contributed by atoms with Crippen molar-refractivity contribution in [2.24, 2.45) is 7.05 Å². The van der Waals surface area contributed by atoms with Crippen molar-refractivity contribution in [2.75, 3.05) is 0 Å². The van der Waals surface area contributed by atoms with Gasteiger partial charge in [-0.05, 0) is 19.3 Å². The third-order valence-corrected chi connectivity index (χ3v) is 5.49. The van der Waals surface area contributed by atoms with Gasteiger partial charge in [-0.15, -0.1) is 0 Å². The highest BCUT2D eigenvalue weighted by atomic mass is 32.2. The fourth-order valence-corrected chi connectivity index (χ4v) is 4.21. The lowest BCUT2D eigenvalue weighted by molar-refractivity contribution is 0.211. The van der Waals surface area contributed by atoms with Crippen LogP contribution in [0.15, 0.2) is 17.6 Å². The van der Waals surface area contributed by atoms with Gasteiger partial charge in [-0.1, -0.05) is 13.8 Å². The lowest BCUT2D eigenvalue weighted by Gasteiger charge is -2.39. The van der Waals surface area contributed by atoms with Crippen molar-refractivity contribution in [3.8, 4) is 0 Å². The summed E-state index contributed by atoms with van der Waals surface area (Å²) in [6, 6.07) is 0. The summed E-state index contributed by atoms with van der Waals surface area (Å²) >= 11 is 0. The normalized spacial score (nSPS) is 17.6. The molecule has 1 fully saturated rings. The Balaban J connectivity index is 1.92. The summed E-state index contributed by atoms with van der Waals surface area (Å²) in [6.45, 7) is 3.96. The summed E-state index contributed by atoms with van der Waals surface area (Å²) in [6.07, 6.45) is 5.28. The maximum atomic E-state index is 12.7. The summed E-state index contributed by atoms with van der Waals surface area (Å²) in [4.78, 5) is 8.39. The number of nitrogens with zero attached hydrogens (tertiary/aromatic N) is 4. The minimum atomic E-state index is -3.71. The second-order valence-corrected chi connectivity index (χ2v) is 7.71. The predicted molar refractivity (Wildman–Crippen MR) is 79.5 cm³/mol. The molecule has 1 aliphatic carbocycles. The molecule has 0 radical (unpaired) electrons. The fourth-order valence-electron chi connectivity index (χ4n) is 2.78. The van der Waals surface area contributed by atoms with E-state index in [-0.39, 0.29) is 10.9 Å². The third-order valence-electron chi connectivity index (χ3n) is 4.09. The van der Waals surface area contributed by atoms with E-state index in [1.807, 2.05) is 13.8 Å². The highest BCUT2D eigenvalue weighted by Gasteiger charge is 2.45. The Morgan fingerprint density at radius 3 is 2.59 bits per heavy atom. The summed E-state index contributed by atoms with van der Waals surface area (Å²) in [5.74, 6) is 1.45. The number of sulfonamides is 1. The molecule has 1 saturated carbocycles. The molecule has 0 unspecified atom stereocenters. The van der Waals surface area contributed by atoms with E-state index in [1.54, 1.807) is 17.8 Å². The molecule has 2 N–H and O–H groups in total. The molecule has 9 heteroatoms. The Hall–Kier alpha value is -1.74. The molecule has 3 rings (SSSR count). The second kappa shape index (κ2) is 5.17. The molecule has 2 heterocycles. The van der Waals surface area contributed by atoms with Crippen molar-refractivity contribution in [1.82, 2.24) is 29.5 Å². The van der Waals surface area contributed by atoms with Crippen molar-refractivity contribution >= 4 is 10.0 Å². The Bertz CT molecular complexity index is 759. The van der Waals surface area contributed by atoms with Crippen molar-refractivity contribution < 1.29 is 8.42 Å². The van der Waals surface area contributed by atoms with Crippen LogP contribution in [0.25, 0.3) is 0 Å². The van der Waals surface area contributed by atoms with E-state index in [9.17, 15) is 8.42 Å². The molecule has 0 spiro atoms. The van der Waals surface area contributed by atoms with Crippen molar-refractivity contribution in [3.63, 3.8) is 0 Å². The van der Waals surface area contributed by atoms with Crippen LogP contribution in [0.3, 0.4) is 0 Å². The molecule has 0 saturated heterocycles. The van der Waals surface area contributed by atoms with Gasteiger partial charge in [0, 0.05) is 19.2 Å². The van der Waals surface area contributed by atoms with Crippen LogP contribution in [-0.4, -0.2) is 33.2 Å². The molecule has 0 bridgehead atoms. The third kappa shape index (κ3) is 2.44. The maximum absolute atomic E-state index is 12.7. The molecule has 0 atom stereocenters. The number of aromatic nitrogens is 5. The summed E-state index contributed by atoms with van der Waals surface area (Å²) in [5, 5.41) is 6.64. The topological polar surface area (TPSA) is 106 Å². The van der Waals surface area contributed by atoms with Crippen LogP contribution in [0.4, 0.5) is 0 Å². The number of hydrogen-bond donors (Lipinski definition) is 2. The van der Waals surface area contributed by atoms with E-state index in [0.717, 1.165) is 12.2 Å². The molecule has 0 aromatic carbocycles. The van der Waals surface area contributed by atoms with Crippen molar-refractivity contribution in [1.29, 1.82) is 0 Å². The Morgan fingerprint density at radius 2 is 2.14 bits per heavy atom. The van der Waals surface area contributed by atoms with E-state index in [2.05, 4.69) is 24.9 Å². The molecule has 2 aromatic rings. The van der Waals surface area contributed by atoms with Crippen LogP contribution in [0.1, 0.15) is 50.7 Å². The Kier molecular flexibility index (Phi) is 3.56. The monoisotopic (exact) mass is 324 g/mol. The zero-order valence-electron chi connectivity index (χ0n) is 12.9. The zero-order valence-corrected chi connectivity index (χ0v) is 13.7. The van der Waals surface area contributed by atoms with Gasteiger partial charge in [0.25, 0.3) is 10.0 Å². The average Bonchev–Trinajstić information content (AvgIpc) is 3.03. The van der Waals surface area contributed by atoms with Crippen LogP contribution in [0.5, 0.6) is 0 Å². The minimum absolute atomic E-state index is 0.0458. The van der Waals surface area contributed by atoms with Gasteiger partial charge in [-0.3, -0.25) is 5.10 Å². The van der Waals surface area contributed by atoms with E-state index in [1.165, 1.54) is 6.33 Å². The lowest BCUT2D eigenvalue weighted by atomic mass is 9.77. The van der Waals surface area contributed by atoms with Crippen molar-refractivity contribution in [3.05, 3.63) is 24.2 Å². The molecular weight excluding hydrogens is 304 g/mol. The van der Waals surface area contributed by atoms with E-state index in [0.29, 0.717) is 18.7 Å². The standard InChI is InChI=1S/C13H20N6O2S/c1-9(2)11-16-10(7-19(11)3)22(20,21)18-13(5-4-6-13)12-14-8-15-17-12/h7-9,18H,4-6H2,1-3H3,(H,14,15,17). The van der Waals surface area contributed by atoms with Gasteiger partial charge >= 0.3 is 0 Å². The quantitative estimate of drug-likeness (QED) is 0.854.